The van der Waals surface area contributed by atoms with Gasteiger partial charge in [0.2, 0.25) is 5.95 Å². The number of aromatic nitrogens is 4. The number of carbonyl (C=O) groups is 1. The van der Waals surface area contributed by atoms with Crippen LogP contribution in [0.2, 0.25) is 0 Å². The van der Waals surface area contributed by atoms with Gasteiger partial charge >= 0.3 is 6.03 Å². The van der Waals surface area contributed by atoms with E-state index in [1.54, 1.807) is 36.8 Å². The molecule has 0 bridgehead atoms. The van der Waals surface area contributed by atoms with Crippen LogP contribution in [-0.2, 0) is 0 Å². The topological polar surface area (TPSA) is 108 Å². The highest BCUT2D eigenvalue weighted by molar-refractivity contribution is 5.93. The van der Waals surface area contributed by atoms with E-state index in [9.17, 15) is 9.18 Å². The smallest absolute Gasteiger partial charge is 0.323 e. The maximum absolute atomic E-state index is 13.2. The Hall–Kier alpha value is -3.53. The third-order valence-electron chi connectivity index (χ3n) is 4.38. The number of anilines is 4. The highest BCUT2D eigenvalue weighted by Crippen LogP contribution is 2.24. The van der Waals surface area contributed by atoms with Gasteiger partial charge in [0, 0.05) is 31.5 Å². The van der Waals surface area contributed by atoms with Crippen LogP contribution >= 0.6 is 12.4 Å². The normalized spacial score (nSPS) is 13.9. The summed E-state index contributed by atoms with van der Waals surface area (Å²) in [7, 11) is 0. The molecule has 30 heavy (non-hydrogen) atoms. The molecule has 3 heterocycles. The van der Waals surface area contributed by atoms with Crippen molar-refractivity contribution in [1.82, 2.24) is 25.3 Å². The maximum Gasteiger partial charge on any atom is 0.323 e. The highest BCUT2D eigenvalue weighted by Gasteiger charge is 2.24. The Labute approximate surface area is 178 Å². The van der Waals surface area contributed by atoms with Gasteiger partial charge in [0.25, 0.3) is 0 Å². The van der Waals surface area contributed by atoms with Crippen LogP contribution < -0.4 is 20.9 Å². The Kier molecular flexibility index (Phi) is 6.58. The van der Waals surface area contributed by atoms with Crippen LogP contribution in [0.25, 0.3) is 0 Å². The van der Waals surface area contributed by atoms with Crippen LogP contribution in [0.1, 0.15) is 18.5 Å². The summed E-state index contributed by atoms with van der Waals surface area (Å²) in [6.07, 6.45) is 4.70. The molecule has 1 atom stereocenters. The molecule has 9 nitrogen and oxygen atoms in total. The number of hydrogen-bond donors (Lipinski definition) is 3. The molecule has 0 aliphatic carbocycles. The lowest BCUT2D eigenvalue weighted by molar-refractivity contribution is 0.252. The Balaban J connectivity index is 0.00000256. The molecule has 0 unspecified atom stereocenters. The summed E-state index contributed by atoms with van der Waals surface area (Å²) in [5.74, 6) is 1.46. The minimum atomic E-state index is -0.297. The first-order valence-electron chi connectivity index (χ1n) is 9.08. The summed E-state index contributed by atoms with van der Waals surface area (Å²) in [6.45, 7) is 2.97. The monoisotopic (exact) mass is 430 g/mol. The van der Waals surface area contributed by atoms with Gasteiger partial charge in [0.05, 0.1) is 12.2 Å². The quantitative estimate of drug-likeness (QED) is 0.550. The average molecular weight is 431 g/mol. The zero-order chi connectivity index (χ0) is 20.2. The van der Waals surface area contributed by atoms with Crippen molar-refractivity contribution in [1.29, 1.82) is 0 Å². The molecular weight excluding hydrogens is 411 g/mol. The Morgan fingerprint density at radius 1 is 1.17 bits per heavy atom. The molecule has 1 fully saturated rings. The third kappa shape index (κ3) is 4.90. The molecule has 1 aromatic carbocycles. The van der Waals surface area contributed by atoms with Crippen molar-refractivity contribution in [3.63, 3.8) is 0 Å². The van der Waals surface area contributed by atoms with E-state index in [2.05, 4.69) is 35.9 Å². The molecule has 3 N–H and O–H groups in total. The zero-order valence-electron chi connectivity index (χ0n) is 16.0. The van der Waals surface area contributed by atoms with E-state index in [-0.39, 0.29) is 30.3 Å². The minimum Gasteiger partial charge on any atom is -0.348 e. The zero-order valence-corrected chi connectivity index (χ0v) is 16.9. The van der Waals surface area contributed by atoms with Crippen molar-refractivity contribution in [2.45, 2.75) is 13.0 Å². The molecule has 1 saturated heterocycles. The van der Waals surface area contributed by atoms with Gasteiger partial charge in [0.15, 0.2) is 0 Å². The van der Waals surface area contributed by atoms with Gasteiger partial charge < -0.3 is 16.0 Å². The molecule has 2 aromatic heterocycles. The number of carbonyl (C=O) groups excluding carboxylic acids is 1. The molecular formula is C19H20ClFN8O. The number of hydrogen-bond acceptors (Lipinski definition) is 7. The summed E-state index contributed by atoms with van der Waals surface area (Å²) in [4.78, 5) is 30.8. The van der Waals surface area contributed by atoms with Crippen molar-refractivity contribution in [3.8, 4) is 0 Å². The lowest BCUT2D eigenvalue weighted by Crippen LogP contribution is -2.29. The first kappa shape index (κ1) is 21.2. The predicted molar refractivity (Wildman–Crippen MR) is 114 cm³/mol. The largest absolute Gasteiger partial charge is 0.348 e. The van der Waals surface area contributed by atoms with Crippen LogP contribution in [-0.4, -0.2) is 39.1 Å². The standard InChI is InChI=1S/C19H19FN8O.ClH/c1-12(13-2-4-14(20)5-3-13)24-18-26-15(25-16-11-21-6-7-22-16)10-17(27-18)28-9-8-23-19(28)29;/h2-7,10-12H,8-9H2,1H3,(H,23,29)(H2,22,24,25,26,27);1H/t12-;/m0./s1. The van der Waals surface area contributed by atoms with Gasteiger partial charge in [-0.15, -0.1) is 12.4 Å². The van der Waals surface area contributed by atoms with E-state index >= 15 is 0 Å². The number of nitrogens with one attached hydrogen (secondary N) is 3. The Morgan fingerprint density at radius 3 is 2.63 bits per heavy atom. The summed E-state index contributed by atoms with van der Waals surface area (Å²) < 4.78 is 13.2. The number of nitrogens with zero attached hydrogens (tertiary/aromatic N) is 5. The molecule has 0 saturated carbocycles. The molecule has 2 amide bonds. The first-order chi connectivity index (χ1) is 14.1. The lowest BCUT2D eigenvalue weighted by Gasteiger charge is -2.19. The van der Waals surface area contributed by atoms with E-state index in [4.69, 9.17) is 0 Å². The number of amides is 2. The van der Waals surface area contributed by atoms with E-state index in [1.807, 2.05) is 6.92 Å². The second kappa shape index (κ2) is 9.31. The summed E-state index contributed by atoms with van der Waals surface area (Å²) in [6, 6.07) is 7.48. The van der Waals surface area contributed by atoms with Crippen LogP contribution in [0, 0.1) is 5.82 Å². The summed E-state index contributed by atoms with van der Waals surface area (Å²) in [5, 5.41) is 9.03. The lowest BCUT2D eigenvalue weighted by atomic mass is 10.1. The fourth-order valence-electron chi connectivity index (χ4n) is 2.91. The molecule has 3 aromatic rings. The van der Waals surface area contributed by atoms with Gasteiger partial charge in [-0.1, -0.05) is 12.1 Å². The van der Waals surface area contributed by atoms with Crippen molar-refractivity contribution in [2.24, 2.45) is 0 Å². The summed E-state index contributed by atoms with van der Waals surface area (Å²) in [5.41, 5.74) is 0.878. The molecule has 4 rings (SSSR count). The first-order valence-corrected chi connectivity index (χ1v) is 9.08. The molecule has 0 spiro atoms. The van der Waals surface area contributed by atoms with Crippen molar-refractivity contribution in [3.05, 3.63) is 60.3 Å². The van der Waals surface area contributed by atoms with E-state index in [1.165, 1.54) is 17.0 Å². The van der Waals surface area contributed by atoms with Crippen molar-refractivity contribution >= 4 is 41.8 Å². The van der Waals surface area contributed by atoms with E-state index < -0.39 is 0 Å². The second-order valence-corrected chi connectivity index (χ2v) is 6.45. The average Bonchev–Trinajstić information content (AvgIpc) is 3.15. The molecule has 11 heteroatoms. The number of rotatable bonds is 6. The Morgan fingerprint density at radius 2 is 1.97 bits per heavy atom. The van der Waals surface area contributed by atoms with Gasteiger partial charge in [-0.05, 0) is 24.6 Å². The SMILES string of the molecule is C[C@H](Nc1nc(Nc2cnccn2)cc(N2CCNC2=O)n1)c1ccc(F)cc1.Cl. The van der Waals surface area contributed by atoms with Crippen LogP contribution in [0.3, 0.4) is 0 Å². The number of halogens is 2. The van der Waals surface area contributed by atoms with Crippen LogP contribution in [0.4, 0.5) is 32.6 Å². The van der Waals surface area contributed by atoms with Gasteiger partial charge in [-0.25, -0.2) is 14.2 Å². The maximum atomic E-state index is 13.2. The Bertz CT molecular complexity index is 1010. The fourth-order valence-corrected chi connectivity index (χ4v) is 2.91. The molecule has 1 aliphatic rings. The minimum absolute atomic E-state index is 0. The van der Waals surface area contributed by atoms with E-state index in [0.717, 1.165) is 5.56 Å². The van der Waals surface area contributed by atoms with Crippen LogP contribution in [0.15, 0.2) is 48.9 Å². The predicted octanol–water partition coefficient (Wildman–Crippen LogP) is 3.27. The second-order valence-electron chi connectivity index (χ2n) is 6.45. The molecule has 156 valence electrons. The number of benzene rings is 1. The number of urea groups is 1. The molecule has 0 radical (unpaired) electrons. The molecule has 1 aliphatic heterocycles. The van der Waals surface area contributed by atoms with Crippen LogP contribution in [0.5, 0.6) is 0 Å². The van der Waals surface area contributed by atoms with Crippen molar-refractivity contribution < 1.29 is 9.18 Å². The van der Waals surface area contributed by atoms with Gasteiger partial charge in [-0.2, -0.15) is 9.97 Å². The highest BCUT2D eigenvalue weighted by atomic mass is 35.5. The van der Waals surface area contributed by atoms with Gasteiger partial charge in [0.1, 0.15) is 23.3 Å². The fraction of sp³-hybridized carbons (Fsp3) is 0.211. The van der Waals surface area contributed by atoms with Gasteiger partial charge in [-0.3, -0.25) is 9.88 Å². The summed E-state index contributed by atoms with van der Waals surface area (Å²) >= 11 is 0. The van der Waals surface area contributed by atoms with Crippen molar-refractivity contribution in [2.75, 3.05) is 28.6 Å². The third-order valence-corrected chi connectivity index (χ3v) is 4.38. The van der Waals surface area contributed by atoms with E-state index in [0.29, 0.717) is 36.5 Å².